The molecule has 0 fully saturated rings. The molecule has 2 heterocycles. The number of aromatic amines is 1. The Kier molecular flexibility index (Phi) is 5.59. The molecule has 29 heavy (non-hydrogen) atoms. The zero-order valence-electron chi connectivity index (χ0n) is 15.1. The highest BCUT2D eigenvalue weighted by Crippen LogP contribution is 2.22. The number of benzene rings is 1. The maximum atomic E-state index is 12.4. The van der Waals surface area contributed by atoms with Crippen LogP contribution in [0.2, 0.25) is 0 Å². The number of thiophene rings is 1. The van der Waals surface area contributed by atoms with Crippen molar-refractivity contribution in [1.29, 1.82) is 0 Å². The smallest absolute Gasteiger partial charge is 0.328 e. The summed E-state index contributed by atoms with van der Waals surface area (Å²) in [7, 11) is 0. The lowest BCUT2D eigenvalue weighted by atomic mass is 10.2. The topological polar surface area (TPSA) is 153 Å². The Labute approximate surface area is 166 Å². The first-order valence-electron chi connectivity index (χ1n) is 8.37. The van der Waals surface area contributed by atoms with E-state index in [0.29, 0.717) is 0 Å². The molecule has 2 amide bonds. The largest absolute Gasteiger partial charge is 0.451 e. The molecule has 0 radical (unpaired) electrons. The third kappa shape index (κ3) is 4.24. The number of anilines is 1. The van der Waals surface area contributed by atoms with Crippen LogP contribution in [0.1, 0.15) is 17.3 Å². The number of hydrogen-bond acceptors (Lipinski definition) is 7. The van der Waals surface area contributed by atoms with E-state index in [-0.39, 0.29) is 21.3 Å². The van der Waals surface area contributed by atoms with Crippen LogP contribution in [0.25, 0.3) is 10.8 Å². The minimum Gasteiger partial charge on any atom is -0.451 e. The van der Waals surface area contributed by atoms with Gasteiger partial charge in [0.05, 0.1) is 16.3 Å². The predicted octanol–water partition coefficient (Wildman–Crippen LogP) is 0.421. The first kappa shape index (κ1) is 20.0. The Bertz CT molecular complexity index is 1220. The van der Waals surface area contributed by atoms with Gasteiger partial charge in [0.25, 0.3) is 22.9 Å². The summed E-state index contributed by atoms with van der Waals surface area (Å²) in [6.07, 6.45) is -1.21. The SMILES string of the molecule is CC(OC(=O)Cn1[nH]c(=O)c2ccccc2c1=O)C(=O)Nc1sccc1C(N)=O. The molecule has 150 valence electrons. The molecule has 1 atom stereocenters. The number of hydrogen-bond donors (Lipinski definition) is 3. The number of nitrogens with one attached hydrogen (secondary N) is 2. The van der Waals surface area contributed by atoms with Crippen LogP contribution in [0.15, 0.2) is 45.3 Å². The van der Waals surface area contributed by atoms with E-state index in [1.165, 1.54) is 25.1 Å². The summed E-state index contributed by atoms with van der Waals surface area (Å²) in [5, 5.41) is 6.94. The van der Waals surface area contributed by atoms with E-state index < -0.39 is 41.6 Å². The fraction of sp³-hybridized carbons (Fsp3) is 0.167. The standard InChI is InChI=1S/C18H16N4O6S/c1-9(15(25)20-17-12(14(19)24)6-7-29-17)28-13(23)8-22-18(27)11-5-3-2-4-10(11)16(26)21-22/h2-7,9H,8H2,1H3,(H2,19,24)(H,20,25)(H,21,26). The maximum absolute atomic E-state index is 12.4. The van der Waals surface area contributed by atoms with Crippen molar-refractivity contribution in [2.45, 2.75) is 19.6 Å². The van der Waals surface area contributed by atoms with Crippen LogP contribution in [0.5, 0.6) is 0 Å². The first-order valence-corrected chi connectivity index (χ1v) is 9.25. The van der Waals surface area contributed by atoms with Crippen LogP contribution in [0.3, 0.4) is 0 Å². The average molecular weight is 416 g/mol. The first-order chi connectivity index (χ1) is 13.8. The van der Waals surface area contributed by atoms with Gasteiger partial charge in [0.15, 0.2) is 6.10 Å². The van der Waals surface area contributed by atoms with Gasteiger partial charge in [0, 0.05) is 0 Å². The number of carbonyl (C=O) groups is 3. The summed E-state index contributed by atoms with van der Waals surface area (Å²) in [6.45, 7) is 0.749. The average Bonchev–Trinajstić information content (AvgIpc) is 3.14. The Morgan fingerprint density at radius 2 is 1.90 bits per heavy atom. The normalized spacial score (nSPS) is 11.8. The molecule has 0 aliphatic carbocycles. The highest BCUT2D eigenvalue weighted by atomic mass is 32.1. The van der Waals surface area contributed by atoms with Gasteiger partial charge < -0.3 is 15.8 Å². The highest BCUT2D eigenvalue weighted by molar-refractivity contribution is 7.14. The Balaban J connectivity index is 1.70. The number of H-pyrrole nitrogens is 1. The molecule has 3 rings (SSSR count). The van der Waals surface area contributed by atoms with E-state index in [2.05, 4.69) is 10.4 Å². The lowest BCUT2D eigenvalue weighted by Gasteiger charge is -2.14. The molecule has 0 aliphatic heterocycles. The van der Waals surface area contributed by atoms with Gasteiger partial charge in [-0.25, -0.2) is 4.68 Å². The Morgan fingerprint density at radius 1 is 1.21 bits per heavy atom. The number of rotatable bonds is 6. The van der Waals surface area contributed by atoms with Crippen molar-refractivity contribution in [2.75, 3.05) is 5.32 Å². The minimum absolute atomic E-state index is 0.141. The van der Waals surface area contributed by atoms with Gasteiger partial charge in [-0.15, -0.1) is 11.3 Å². The van der Waals surface area contributed by atoms with Crippen molar-refractivity contribution >= 4 is 44.9 Å². The van der Waals surface area contributed by atoms with Gasteiger partial charge in [-0.3, -0.25) is 29.1 Å². The van der Waals surface area contributed by atoms with Crippen LogP contribution in [0, 0.1) is 0 Å². The van der Waals surface area contributed by atoms with E-state index in [9.17, 15) is 24.0 Å². The quantitative estimate of drug-likeness (QED) is 0.495. The van der Waals surface area contributed by atoms with Gasteiger partial charge in [-0.2, -0.15) is 0 Å². The minimum atomic E-state index is -1.21. The molecule has 4 N–H and O–H groups in total. The Morgan fingerprint density at radius 3 is 2.59 bits per heavy atom. The number of ether oxygens (including phenoxy) is 1. The zero-order chi connectivity index (χ0) is 21.1. The van der Waals surface area contributed by atoms with Crippen molar-refractivity contribution in [3.63, 3.8) is 0 Å². The van der Waals surface area contributed by atoms with Gasteiger partial charge in [-0.1, -0.05) is 12.1 Å². The number of fused-ring (bicyclic) bond motifs is 1. The molecule has 3 aromatic rings. The highest BCUT2D eigenvalue weighted by Gasteiger charge is 2.21. The maximum Gasteiger partial charge on any atom is 0.328 e. The number of aromatic nitrogens is 2. The molecular formula is C18H16N4O6S. The summed E-state index contributed by atoms with van der Waals surface area (Å²) < 4.78 is 5.85. The molecule has 11 heteroatoms. The third-order valence-corrected chi connectivity index (χ3v) is 4.85. The summed E-state index contributed by atoms with van der Waals surface area (Å²) in [5.41, 5.74) is 4.25. The van der Waals surface area contributed by atoms with Crippen molar-refractivity contribution in [2.24, 2.45) is 5.73 Å². The Hall–Kier alpha value is -3.73. The summed E-state index contributed by atoms with van der Waals surface area (Å²) >= 11 is 1.09. The molecule has 0 saturated heterocycles. The number of esters is 1. The van der Waals surface area contributed by atoms with Crippen molar-refractivity contribution in [3.05, 3.63) is 62.0 Å². The second-order valence-corrected chi connectivity index (χ2v) is 6.94. The predicted molar refractivity (Wildman–Crippen MR) is 106 cm³/mol. The van der Waals surface area contributed by atoms with Crippen molar-refractivity contribution in [1.82, 2.24) is 9.78 Å². The van der Waals surface area contributed by atoms with Gasteiger partial charge in [0.2, 0.25) is 0 Å². The van der Waals surface area contributed by atoms with E-state index in [1.54, 1.807) is 17.5 Å². The number of carbonyl (C=O) groups excluding carboxylic acids is 3. The van der Waals surface area contributed by atoms with Crippen LogP contribution < -0.4 is 22.2 Å². The van der Waals surface area contributed by atoms with Crippen LogP contribution in [0.4, 0.5) is 5.00 Å². The van der Waals surface area contributed by atoms with Crippen molar-refractivity contribution < 1.29 is 19.1 Å². The van der Waals surface area contributed by atoms with E-state index in [1.807, 2.05) is 0 Å². The number of nitrogens with two attached hydrogens (primary N) is 1. The van der Waals surface area contributed by atoms with Gasteiger partial charge >= 0.3 is 5.97 Å². The summed E-state index contributed by atoms with van der Waals surface area (Å²) in [6, 6.07) is 7.65. The van der Waals surface area contributed by atoms with E-state index in [4.69, 9.17) is 10.5 Å². The summed E-state index contributed by atoms with van der Waals surface area (Å²) in [5.74, 6) is -2.28. The lowest BCUT2D eigenvalue weighted by molar-refractivity contribution is -0.154. The monoisotopic (exact) mass is 416 g/mol. The molecule has 0 aliphatic rings. The zero-order valence-corrected chi connectivity index (χ0v) is 15.9. The van der Waals surface area contributed by atoms with Gasteiger partial charge in [-0.05, 0) is 30.5 Å². The molecule has 1 aromatic carbocycles. The third-order valence-electron chi connectivity index (χ3n) is 4.02. The second-order valence-electron chi connectivity index (χ2n) is 6.03. The van der Waals surface area contributed by atoms with E-state index >= 15 is 0 Å². The number of primary amides is 1. The molecule has 0 bridgehead atoms. The fourth-order valence-electron chi connectivity index (χ4n) is 2.59. The lowest BCUT2D eigenvalue weighted by Crippen LogP contribution is -2.36. The van der Waals surface area contributed by atoms with E-state index in [0.717, 1.165) is 16.0 Å². The molecular weight excluding hydrogens is 400 g/mol. The number of nitrogens with zero attached hydrogens (tertiary/aromatic N) is 1. The molecule has 0 saturated carbocycles. The fourth-order valence-corrected chi connectivity index (χ4v) is 3.38. The summed E-state index contributed by atoms with van der Waals surface area (Å²) in [4.78, 5) is 60.1. The van der Waals surface area contributed by atoms with Gasteiger partial charge in [0.1, 0.15) is 11.5 Å². The molecule has 0 spiro atoms. The van der Waals surface area contributed by atoms with Crippen LogP contribution >= 0.6 is 11.3 Å². The van der Waals surface area contributed by atoms with Crippen molar-refractivity contribution in [3.8, 4) is 0 Å². The number of amides is 2. The second kappa shape index (κ2) is 8.10. The molecule has 10 nitrogen and oxygen atoms in total. The van der Waals surface area contributed by atoms with Crippen LogP contribution in [-0.2, 0) is 20.9 Å². The molecule has 2 aromatic heterocycles. The van der Waals surface area contributed by atoms with Crippen LogP contribution in [-0.4, -0.2) is 33.7 Å². The molecule has 1 unspecified atom stereocenters.